The smallest absolute Gasteiger partial charge is 0.333 e. The van der Waals surface area contributed by atoms with E-state index in [1.165, 1.54) is 0 Å². The number of aliphatic hydroxyl groups is 4. The molecule has 138 valence electrons. The Kier molecular flexibility index (Phi) is 7.27. The van der Waals surface area contributed by atoms with E-state index in [4.69, 9.17) is 9.84 Å². The average molecular weight is 380 g/mol. The van der Waals surface area contributed by atoms with E-state index in [0.29, 0.717) is 0 Å². The molecule has 0 saturated carbocycles. The molecule has 0 spiro atoms. The fourth-order valence-corrected chi connectivity index (χ4v) is 3.63. The molecule has 1 fully saturated rings. The Bertz CT molecular complexity index is 577. The van der Waals surface area contributed by atoms with Crippen molar-refractivity contribution in [1.29, 1.82) is 0 Å². The zero-order valence-corrected chi connectivity index (χ0v) is 13.5. The van der Waals surface area contributed by atoms with Crippen LogP contribution in [-0.4, -0.2) is 86.9 Å². The van der Waals surface area contributed by atoms with Gasteiger partial charge in [-0.05, 0) is 6.42 Å². The third kappa shape index (κ3) is 5.86. The van der Waals surface area contributed by atoms with Crippen molar-refractivity contribution in [1.82, 2.24) is 4.72 Å². The van der Waals surface area contributed by atoms with Gasteiger partial charge in [-0.2, -0.15) is 8.42 Å². The number of ether oxygens (including phenoxy) is 1. The highest BCUT2D eigenvalue weighted by Crippen LogP contribution is 2.24. The summed E-state index contributed by atoms with van der Waals surface area (Å²) in [4.78, 5) is 0. The number of sulfonamides is 1. The molecule has 0 bridgehead atoms. The molecule has 0 aromatic heterocycles. The molecule has 23 heavy (non-hydrogen) atoms. The van der Waals surface area contributed by atoms with Crippen molar-refractivity contribution in [2.75, 3.05) is 19.8 Å². The minimum Gasteiger partial charge on any atom is -0.394 e. The van der Waals surface area contributed by atoms with Gasteiger partial charge < -0.3 is 25.2 Å². The van der Waals surface area contributed by atoms with E-state index < -0.39 is 56.8 Å². The molecule has 0 aromatic carbocycles. The molecule has 0 amide bonds. The van der Waals surface area contributed by atoms with E-state index in [-0.39, 0.29) is 19.6 Å². The maximum atomic E-state index is 12.0. The Hall–Kier alpha value is -0.420. The number of hydrogen-bond acceptors (Lipinski definition) is 10. The molecule has 1 aliphatic rings. The summed E-state index contributed by atoms with van der Waals surface area (Å²) in [5.41, 5.74) is -1.92. The van der Waals surface area contributed by atoms with Gasteiger partial charge in [0, 0.05) is 6.54 Å². The van der Waals surface area contributed by atoms with Gasteiger partial charge in [-0.3, -0.25) is 4.18 Å². The molecule has 0 aliphatic carbocycles. The molecule has 12 nitrogen and oxygen atoms in total. The van der Waals surface area contributed by atoms with Crippen molar-refractivity contribution in [3.63, 3.8) is 0 Å². The van der Waals surface area contributed by atoms with Crippen LogP contribution in [0.3, 0.4) is 0 Å². The van der Waals surface area contributed by atoms with E-state index >= 15 is 0 Å². The van der Waals surface area contributed by atoms with E-state index in [1.807, 2.05) is 4.72 Å². The van der Waals surface area contributed by atoms with Gasteiger partial charge in [0.25, 0.3) is 0 Å². The van der Waals surface area contributed by atoms with E-state index in [1.54, 1.807) is 0 Å². The first-order valence-corrected chi connectivity index (χ1v) is 9.47. The first-order valence-electron chi connectivity index (χ1n) is 6.45. The zero-order valence-electron chi connectivity index (χ0n) is 11.8. The molecule has 1 rings (SSSR count). The molecule has 3 unspecified atom stereocenters. The van der Waals surface area contributed by atoms with Crippen LogP contribution in [0.2, 0.25) is 0 Å². The predicted molar refractivity (Wildman–Crippen MR) is 74.4 cm³/mol. The second-order valence-corrected chi connectivity index (χ2v) is 7.87. The summed E-state index contributed by atoms with van der Waals surface area (Å²) in [6.07, 6.45) is -6.85. The van der Waals surface area contributed by atoms with Crippen LogP contribution >= 0.6 is 0 Å². The van der Waals surface area contributed by atoms with Crippen LogP contribution in [0, 0.1) is 0 Å². The lowest BCUT2D eigenvalue weighted by Crippen LogP contribution is -2.62. The Morgan fingerprint density at radius 2 is 1.70 bits per heavy atom. The zero-order chi connectivity index (χ0) is 17.8. The summed E-state index contributed by atoms with van der Waals surface area (Å²) in [5.74, 6) is 0. The van der Waals surface area contributed by atoms with Crippen molar-refractivity contribution >= 4 is 20.3 Å². The molecule has 1 heterocycles. The molecule has 5 atom stereocenters. The SMILES string of the molecule is NS(=O)(=O)OCCCNS(=O)(=O)[C@@H]1OC(CO)C(O)[C@H](O)C1O. The van der Waals surface area contributed by atoms with Gasteiger partial charge in [-0.15, -0.1) is 0 Å². The third-order valence-electron chi connectivity index (χ3n) is 3.03. The number of nitrogens with one attached hydrogen (secondary N) is 1. The van der Waals surface area contributed by atoms with Gasteiger partial charge in [0.2, 0.25) is 15.5 Å². The van der Waals surface area contributed by atoms with Gasteiger partial charge >= 0.3 is 10.3 Å². The summed E-state index contributed by atoms with van der Waals surface area (Å²) in [5, 5.41) is 42.4. The minimum absolute atomic E-state index is 0.0485. The molecule has 0 aromatic rings. The standard InChI is InChI=1S/C9H20N2O10S2/c10-23(18,19)20-3-1-2-11-22(16,17)9-8(15)7(14)6(13)5(4-12)21-9/h5-9,11-15H,1-4H2,(H2,10,18,19)/t5?,6?,7-,8?,9-/m0/s1. The lowest BCUT2D eigenvalue weighted by Gasteiger charge is -2.39. The Morgan fingerprint density at radius 3 is 2.22 bits per heavy atom. The summed E-state index contributed by atoms with van der Waals surface area (Å²) in [6.45, 7) is -1.39. The lowest BCUT2D eigenvalue weighted by molar-refractivity contribution is -0.207. The molecule has 14 heteroatoms. The van der Waals surface area contributed by atoms with Crippen LogP contribution in [-0.2, 0) is 29.2 Å². The van der Waals surface area contributed by atoms with Gasteiger partial charge in [-0.1, -0.05) is 0 Å². The summed E-state index contributed by atoms with van der Waals surface area (Å²) < 4.78 is 56.2. The molecule has 1 saturated heterocycles. The number of hydrogen-bond donors (Lipinski definition) is 6. The van der Waals surface area contributed by atoms with Crippen molar-refractivity contribution in [2.24, 2.45) is 5.14 Å². The Balaban J connectivity index is 2.61. The average Bonchev–Trinajstić information content (AvgIpc) is 2.43. The van der Waals surface area contributed by atoms with Crippen LogP contribution in [0.5, 0.6) is 0 Å². The molecule has 7 N–H and O–H groups in total. The highest BCUT2D eigenvalue weighted by molar-refractivity contribution is 7.90. The first kappa shape index (κ1) is 20.6. The maximum absolute atomic E-state index is 12.0. The topological polar surface area (TPSA) is 206 Å². The van der Waals surface area contributed by atoms with Crippen molar-refractivity contribution in [3.05, 3.63) is 0 Å². The Labute approximate surface area is 133 Å². The second kappa shape index (κ2) is 8.11. The van der Waals surface area contributed by atoms with E-state index in [9.17, 15) is 32.2 Å². The van der Waals surface area contributed by atoms with Crippen molar-refractivity contribution in [3.8, 4) is 0 Å². The maximum Gasteiger partial charge on any atom is 0.333 e. The van der Waals surface area contributed by atoms with Crippen molar-refractivity contribution in [2.45, 2.75) is 36.3 Å². The van der Waals surface area contributed by atoms with Gasteiger partial charge in [0.05, 0.1) is 13.2 Å². The molecule has 1 aliphatic heterocycles. The summed E-state index contributed by atoms with van der Waals surface area (Å²) in [6, 6.07) is 0. The van der Waals surface area contributed by atoms with Crippen LogP contribution in [0.4, 0.5) is 0 Å². The number of aliphatic hydroxyl groups excluding tert-OH is 4. The highest BCUT2D eigenvalue weighted by atomic mass is 32.2. The fourth-order valence-electron chi connectivity index (χ4n) is 1.87. The van der Waals surface area contributed by atoms with E-state index in [0.717, 1.165) is 0 Å². The molecular formula is C9H20N2O10S2. The van der Waals surface area contributed by atoms with Crippen molar-refractivity contribution < 1.29 is 46.2 Å². The normalized spacial score (nSPS) is 32.8. The third-order valence-corrected chi connectivity index (χ3v) is 5.13. The van der Waals surface area contributed by atoms with E-state index in [2.05, 4.69) is 9.32 Å². The minimum atomic E-state index is -4.29. The van der Waals surface area contributed by atoms with Crippen LogP contribution in [0.15, 0.2) is 0 Å². The summed E-state index contributed by atoms with van der Waals surface area (Å²) in [7, 11) is -8.41. The number of nitrogens with two attached hydrogens (primary N) is 1. The monoisotopic (exact) mass is 380 g/mol. The lowest BCUT2D eigenvalue weighted by atomic mass is 10.0. The first-order chi connectivity index (χ1) is 10.5. The molecule has 0 radical (unpaired) electrons. The second-order valence-electron chi connectivity index (χ2n) is 4.80. The van der Waals surface area contributed by atoms with Crippen LogP contribution < -0.4 is 9.86 Å². The quantitative estimate of drug-likeness (QED) is 0.222. The highest BCUT2D eigenvalue weighted by Gasteiger charge is 2.48. The van der Waals surface area contributed by atoms with Gasteiger partial charge in [0.15, 0.2) is 0 Å². The van der Waals surface area contributed by atoms with Crippen LogP contribution in [0.25, 0.3) is 0 Å². The number of rotatable bonds is 8. The largest absolute Gasteiger partial charge is 0.394 e. The van der Waals surface area contributed by atoms with Gasteiger partial charge in [-0.25, -0.2) is 18.3 Å². The van der Waals surface area contributed by atoms with Gasteiger partial charge in [0.1, 0.15) is 24.4 Å². The molecular weight excluding hydrogens is 360 g/mol. The summed E-state index contributed by atoms with van der Waals surface area (Å²) >= 11 is 0. The Morgan fingerprint density at radius 1 is 1.09 bits per heavy atom. The predicted octanol–water partition coefficient (Wildman–Crippen LogP) is -4.68. The van der Waals surface area contributed by atoms with Crippen LogP contribution in [0.1, 0.15) is 6.42 Å². The fraction of sp³-hybridized carbons (Fsp3) is 1.00.